The highest BCUT2D eigenvalue weighted by atomic mass is 15.2. The molecule has 4 heteroatoms. The smallest absolute Gasteiger partial charge is 0.132 e. The van der Waals surface area contributed by atoms with Gasteiger partial charge in [-0.3, -0.25) is 4.90 Å². The van der Waals surface area contributed by atoms with Gasteiger partial charge >= 0.3 is 0 Å². The molecule has 1 saturated heterocycles. The number of aryl methyl sites for hydroxylation is 2. The Morgan fingerprint density at radius 2 is 2.16 bits per heavy atom. The molecule has 19 heavy (non-hydrogen) atoms. The molecule has 2 heterocycles. The standard InChI is InChI=1S/C15H26N4/c1-5-13-10-15(17-12(3)16-13)18(4)11-14-8-7-9-19(14)6-2/h10,14H,5-9,11H2,1-4H3. The quantitative estimate of drug-likeness (QED) is 0.815. The van der Waals surface area contributed by atoms with Crippen LogP contribution in [0.15, 0.2) is 6.07 Å². The van der Waals surface area contributed by atoms with E-state index in [-0.39, 0.29) is 0 Å². The van der Waals surface area contributed by atoms with E-state index in [0.717, 1.165) is 36.8 Å². The normalized spacial score (nSPS) is 19.9. The van der Waals surface area contributed by atoms with Gasteiger partial charge in [0, 0.05) is 31.4 Å². The molecule has 4 nitrogen and oxygen atoms in total. The molecule has 0 aliphatic carbocycles. The molecule has 0 spiro atoms. The van der Waals surface area contributed by atoms with E-state index >= 15 is 0 Å². The minimum Gasteiger partial charge on any atom is -0.358 e. The van der Waals surface area contributed by atoms with Crippen molar-refractivity contribution < 1.29 is 0 Å². The zero-order valence-corrected chi connectivity index (χ0v) is 12.7. The lowest BCUT2D eigenvalue weighted by Gasteiger charge is -2.28. The van der Waals surface area contributed by atoms with Crippen LogP contribution < -0.4 is 4.90 Å². The maximum atomic E-state index is 4.57. The molecule has 2 rings (SSSR count). The van der Waals surface area contributed by atoms with E-state index in [1.54, 1.807) is 0 Å². The molecule has 0 N–H and O–H groups in total. The van der Waals surface area contributed by atoms with E-state index in [1.165, 1.54) is 19.4 Å². The molecule has 1 aliphatic rings. The van der Waals surface area contributed by atoms with E-state index in [1.807, 2.05) is 6.92 Å². The van der Waals surface area contributed by atoms with Crippen LogP contribution in [0.3, 0.4) is 0 Å². The van der Waals surface area contributed by atoms with Crippen molar-refractivity contribution in [1.82, 2.24) is 14.9 Å². The molecule has 1 aromatic heterocycles. The van der Waals surface area contributed by atoms with Crippen molar-refractivity contribution in [2.75, 3.05) is 31.6 Å². The molecule has 0 bridgehead atoms. The average molecular weight is 262 g/mol. The minimum absolute atomic E-state index is 0.676. The predicted octanol–water partition coefficient (Wildman–Crippen LogP) is 2.27. The zero-order chi connectivity index (χ0) is 13.8. The van der Waals surface area contributed by atoms with Gasteiger partial charge in [-0.2, -0.15) is 0 Å². The summed E-state index contributed by atoms with van der Waals surface area (Å²) < 4.78 is 0. The lowest BCUT2D eigenvalue weighted by atomic mass is 10.2. The fourth-order valence-corrected chi connectivity index (χ4v) is 2.92. The molecule has 1 atom stereocenters. The summed E-state index contributed by atoms with van der Waals surface area (Å²) in [6.45, 7) is 9.83. The number of rotatable bonds is 5. The zero-order valence-electron chi connectivity index (χ0n) is 12.7. The second-order valence-electron chi connectivity index (χ2n) is 5.42. The molecule has 1 unspecified atom stereocenters. The van der Waals surface area contributed by atoms with Gasteiger partial charge < -0.3 is 4.90 Å². The van der Waals surface area contributed by atoms with E-state index in [4.69, 9.17) is 0 Å². The molecule has 0 aromatic carbocycles. The number of likely N-dealkylation sites (N-methyl/N-ethyl adjacent to an activating group) is 2. The summed E-state index contributed by atoms with van der Waals surface area (Å²) in [6.07, 6.45) is 3.60. The third kappa shape index (κ3) is 3.44. The van der Waals surface area contributed by atoms with Crippen molar-refractivity contribution in [3.63, 3.8) is 0 Å². The number of anilines is 1. The van der Waals surface area contributed by atoms with Crippen LogP contribution >= 0.6 is 0 Å². The van der Waals surface area contributed by atoms with Gasteiger partial charge in [-0.1, -0.05) is 13.8 Å². The average Bonchev–Trinajstić information content (AvgIpc) is 2.85. The van der Waals surface area contributed by atoms with Crippen molar-refractivity contribution in [3.05, 3.63) is 17.6 Å². The van der Waals surface area contributed by atoms with Crippen molar-refractivity contribution in [2.24, 2.45) is 0 Å². The Labute approximate surface area is 116 Å². The van der Waals surface area contributed by atoms with Crippen LogP contribution in [0.4, 0.5) is 5.82 Å². The van der Waals surface area contributed by atoms with Gasteiger partial charge in [0.25, 0.3) is 0 Å². The van der Waals surface area contributed by atoms with Crippen LogP contribution in [0.25, 0.3) is 0 Å². The molecule has 1 aromatic rings. The summed E-state index contributed by atoms with van der Waals surface area (Å²) in [7, 11) is 2.15. The molecule has 0 amide bonds. The van der Waals surface area contributed by atoms with Crippen molar-refractivity contribution in [3.8, 4) is 0 Å². The fourth-order valence-electron chi connectivity index (χ4n) is 2.92. The lowest BCUT2D eigenvalue weighted by molar-refractivity contribution is 0.270. The Bertz CT molecular complexity index is 419. The summed E-state index contributed by atoms with van der Waals surface area (Å²) in [5, 5.41) is 0. The van der Waals surface area contributed by atoms with Gasteiger partial charge in [-0.15, -0.1) is 0 Å². The van der Waals surface area contributed by atoms with E-state index in [2.05, 4.69) is 46.7 Å². The molecule has 106 valence electrons. The van der Waals surface area contributed by atoms with Crippen LogP contribution in [-0.4, -0.2) is 47.6 Å². The number of aromatic nitrogens is 2. The summed E-state index contributed by atoms with van der Waals surface area (Å²) in [6, 6.07) is 2.80. The molecular weight excluding hydrogens is 236 g/mol. The Morgan fingerprint density at radius 3 is 2.84 bits per heavy atom. The summed E-state index contributed by atoms with van der Waals surface area (Å²) >= 11 is 0. The van der Waals surface area contributed by atoms with Gasteiger partial charge in [0.15, 0.2) is 0 Å². The highest BCUT2D eigenvalue weighted by Crippen LogP contribution is 2.20. The van der Waals surface area contributed by atoms with Gasteiger partial charge in [-0.25, -0.2) is 9.97 Å². The molecule has 0 radical (unpaired) electrons. The Hall–Kier alpha value is -1.16. The lowest BCUT2D eigenvalue weighted by Crippen LogP contribution is -2.39. The van der Waals surface area contributed by atoms with E-state index < -0.39 is 0 Å². The Balaban J connectivity index is 2.06. The van der Waals surface area contributed by atoms with E-state index in [9.17, 15) is 0 Å². The van der Waals surface area contributed by atoms with Crippen molar-refractivity contribution >= 4 is 5.82 Å². The fraction of sp³-hybridized carbons (Fsp3) is 0.733. The maximum absolute atomic E-state index is 4.57. The molecular formula is C15H26N4. The van der Waals surface area contributed by atoms with Crippen LogP contribution in [0, 0.1) is 6.92 Å². The van der Waals surface area contributed by atoms with E-state index in [0.29, 0.717) is 6.04 Å². The van der Waals surface area contributed by atoms with Gasteiger partial charge in [0.1, 0.15) is 11.6 Å². The Morgan fingerprint density at radius 1 is 1.37 bits per heavy atom. The summed E-state index contributed by atoms with van der Waals surface area (Å²) in [5.41, 5.74) is 1.13. The van der Waals surface area contributed by atoms with Crippen LogP contribution in [0.2, 0.25) is 0 Å². The van der Waals surface area contributed by atoms with Gasteiger partial charge in [0.2, 0.25) is 0 Å². The predicted molar refractivity (Wildman–Crippen MR) is 79.7 cm³/mol. The third-order valence-electron chi connectivity index (χ3n) is 4.02. The summed E-state index contributed by atoms with van der Waals surface area (Å²) in [4.78, 5) is 13.9. The topological polar surface area (TPSA) is 32.3 Å². The third-order valence-corrected chi connectivity index (χ3v) is 4.02. The van der Waals surface area contributed by atoms with Crippen molar-refractivity contribution in [2.45, 2.75) is 46.1 Å². The monoisotopic (exact) mass is 262 g/mol. The Kier molecular flexibility index (Phi) is 4.75. The molecule has 1 fully saturated rings. The first-order valence-electron chi connectivity index (χ1n) is 7.43. The first-order valence-corrected chi connectivity index (χ1v) is 7.43. The molecule has 0 saturated carbocycles. The summed E-state index contributed by atoms with van der Waals surface area (Å²) in [5.74, 6) is 1.94. The van der Waals surface area contributed by atoms with Crippen LogP contribution in [0.5, 0.6) is 0 Å². The van der Waals surface area contributed by atoms with Gasteiger partial charge in [-0.05, 0) is 39.3 Å². The first-order chi connectivity index (χ1) is 9.13. The SMILES string of the molecule is CCc1cc(N(C)CC2CCCN2CC)nc(C)n1. The van der Waals surface area contributed by atoms with Crippen molar-refractivity contribution in [1.29, 1.82) is 0 Å². The first kappa shape index (κ1) is 14.3. The molecule has 1 aliphatic heterocycles. The number of likely N-dealkylation sites (tertiary alicyclic amines) is 1. The second kappa shape index (κ2) is 6.33. The minimum atomic E-state index is 0.676. The number of hydrogen-bond acceptors (Lipinski definition) is 4. The maximum Gasteiger partial charge on any atom is 0.132 e. The van der Waals surface area contributed by atoms with Gasteiger partial charge in [0.05, 0.1) is 0 Å². The highest BCUT2D eigenvalue weighted by Gasteiger charge is 2.24. The van der Waals surface area contributed by atoms with Crippen LogP contribution in [0.1, 0.15) is 38.2 Å². The highest BCUT2D eigenvalue weighted by molar-refractivity contribution is 5.39. The number of nitrogens with zero attached hydrogens (tertiary/aromatic N) is 4. The van der Waals surface area contributed by atoms with Crippen LogP contribution in [-0.2, 0) is 6.42 Å². The largest absolute Gasteiger partial charge is 0.358 e. The number of hydrogen-bond donors (Lipinski definition) is 0. The second-order valence-corrected chi connectivity index (χ2v) is 5.42.